The van der Waals surface area contributed by atoms with Gasteiger partial charge in [-0.3, -0.25) is 8.79 Å². The molecule has 26 heavy (non-hydrogen) atoms. The zero-order chi connectivity index (χ0) is 17.7. The van der Waals surface area contributed by atoms with Crippen LogP contribution in [0, 0.1) is 17.2 Å². The Bertz CT molecular complexity index is 1040. The highest BCUT2D eigenvalue weighted by Crippen LogP contribution is 2.39. The lowest BCUT2D eigenvalue weighted by Crippen LogP contribution is -2.36. The number of para-hydroxylation sites is 2. The largest absolute Gasteiger partial charge is 0.357 e. The molecular formula is C21H21FN4. The summed E-state index contributed by atoms with van der Waals surface area (Å²) < 4.78 is 15.3. The van der Waals surface area contributed by atoms with Crippen LogP contribution in [-0.4, -0.2) is 29.1 Å². The van der Waals surface area contributed by atoms with Gasteiger partial charge in [0, 0.05) is 13.1 Å². The summed E-state index contributed by atoms with van der Waals surface area (Å²) in [5.74, 6) is 1.38. The number of benzene rings is 1. The molecule has 3 heterocycles. The van der Waals surface area contributed by atoms with Crippen molar-refractivity contribution >= 4 is 22.5 Å². The molecule has 3 aromatic rings. The lowest BCUT2D eigenvalue weighted by atomic mass is 9.97. The normalized spacial score (nSPS) is 17.8. The Balaban J connectivity index is 1.80. The van der Waals surface area contributed by atoms with Crippen molar-refractivity contribution in [2.75, 3.05) is 24.7 Å². The van der Waals surface area contributed by atoms with Crippen molar-refractivity contribution in [2.24, 2.45) is 5.92 Å². The molecule has 1 aliphatic heterocycles. The van der Waals surface area contributed by atoms with Crippen LogP contribution < -0.4 is 4.90 Å². The number of alkyl halides is 1. The van der Waals surface area contributed by atoms with E-state index >= 15 is 0 Å². The van der Waals surface area contributed by atoms with Gasteiger partial charge in [0.05, 0.1) is 23.3 Å². The molecule has 0 unspecified atom stereocenters. The second-order valence-corrected chi connectivity index (χ2v) is 7.47. The van der Waals surface area contributed by atoms with Gasteiger partial charge in [0.25, 0.3) is 0 Å². The highest BCUT2D eigenvalue weighted by molar-refractivity contribution is 5.86. The monoisotopic (exact) mass is 348 g/mol. The first-order valence-corrected chi connectivity index (χ1v) is 9.47. The first-order valence-electron chi connectivity index (χ1n) is 9.47. The van der Waals surface area contributed by atoms with E-state index in [0.29, 0.717) is 0 Å². The Morgan fingerprint density at radius 3 is 2.69 bits per heavy atom. The number of anilines is 1. The molecule has 0 saturated carbocycles. The molecular weight excluding hydrogens is 327 g/mol. The van der Waals surface area contributed by atoms with Gasteiger partial charge in [0.15, 0.2) is 5.65 Å². The van der Waals surface area contributed by atoms with Crippen molar-refractivity contribution in [2.45, 2.75) is 32.1 Å². The van der Waals surface area contributed by atoms with Crippen LogP contribution in [0.2, 0.25) is 0 Å². The Hall–Kier alpha value is -2.61. The minimum absolute atomic E-state index is 0.188. The fourth-order valence-electron chi connectivity index (χ4n) is 4.69. The van der Waals surface area contributed by atoms with Crippen molar-refractivity contribution in [1.29, 1.82) is 5.26 Å². The average Bonchev–Trinajstić information content (AvgIpc) is 3.31. The third-order valence-corrected chi connectivity index (χ3v) is 6.03. The van der Waals surface area contributed by atoms with Gasteiger partial charge in [-0.1, -0.05) is 12.1 Å². The van der Waals surface area contributed by atoms with Crippen LogP contribution in [0.15, 0.2) is 24.3 Å². The highest BCUT2D eigenvalue weighted by atomic mass is 19.1. The second kappa shape index (κ2) is 5.98. The summed E-state index contributed by atoms with van der Waals surface area (Å²) in [6, 6.07) is 10.5. The first kappa shape index (κ1) is 15.6. The molecule has 0 radical (unpaired) electrons. The lowest BCUT2D eigenvalue weighted by Gasteiger charge is -2.34. The summed E-state index contributed by atoms with van der Waals surface area (Å²) in [6.45, 7) is 1.52. The molecule has 1 aromatic carbocycles. The van der Waals surface area contributed by atoms with Gasteiger partial charge in [-0.05, 0) is 61.3 Å². The van der Waals surface area contributed by atoms with Gasteiger partial charge < -0.3 is 4.90 Å². The minimum Gasteiger partial charge on any atom is -0.357 e. The van der Waals surface area contributed by atoms with Crippen LogP contribution in [0.1, 0.15) is 36.0 Å². The zero-order valence-corrected chi connectivity index (χ0v) is 14.7. The molecule has 0 N–H and O–H groups in total. The van der Waals surface area contributed by atoms with E-state index in [2.05, 4.69) is 21.4 Å². The number of aromatic nitrogens is 2. The van der Waals surface area contributed by atoms with E-state index in [1.165, 1.54) is 16.9 Å². The Morgan fingerprint density at radius 1 is 1.15 bits per heavy atom. The molecule has 0 spiro atoms. The van der Waals surface area contributed by atoms with Crippen LogP contribution >= 0.6 is 0 Å². The van der Waals surface area contributed by atoms with Crippen LogP contribution in [-0.2, 0) is 12.8 Å². The van der Waals surface area contributed by atoms with Crippen LogP contribution in [0.25, 0.3) is 16.7 Å². The number of hydrogen-bond acceptors (Lipinski definition) is 3. The second-order valence-electron chi connectivity index (χ2n) is 7.47. The van der Waals surface area contributed by atoms with E-state index in [1.807, 2.05) is 18.2 Å². The van der Waals surface area contributed by atoms with Crippen molar-refractivity contribution in [1.82, 2.24) is 9.38 Å². The number of piperidine rings is 1. The van der Waals surface area contributed by atoms with Crippen LogP contribution in [0.5, 0.6) is 0 Å². The number of pyridine rings is 1. The number of imidazole rings is 1. The fraction of sp³-hybridized carbons (Fsp3) is 0.429. The molecule has 5 heteroatoms. The maximum Gasteiger partial charge on any atom is 0.157 e. The molecule has 1 aliphatic carbocycles. The number of nitriles is 1. The molecule has 5 rings (SSSR count). The van der Waals surface area contributed by atoms with E-state index in [4.69, 9.17) is 4.98 Å². The molecule has 1 fully saturated rings. The molecule has 2 aliphatic rings. The van der Waals surface area contributed by atoms with E-state index in [1.54, 1.807) is 0 Å². The van der Waals surface area contributed by atoms with Gasteiger partial charge in [0.1, 0.15) is 11.9 Å². The summed E-state index contributed by atoms with van der Waals surface area (Å²) in [5.41, 5.74) is 5.96. The number of hydrogen-bond donors (Lipinski definition) is 0. The number of nitrogens with zero attached hydrogens (tertiary/aromatic N) is 4. The summed E-state index contributed by atoms with van der Waals surface area (Å²) in [7, 11) is 0. The predicted octanol–water partition coefficient (Wildman–Crippen LogP) is 4.03. The zero-order valence-electron chi connectivity index (χ0n) is 14.7. The van der Waals surface area contributed by atoms with Crippen LogP contribution in [0.4, 0.5) is 10.2 Å². The maximum atomic E-state index is 13.1. The summed E-state index contributed by atoms with van der Waals surface area (Å²) >= 11 is 0. The quantitative estimate of drug-likeness (QED) is 0.702. The average molecular weight is 348 g/mol. The third-order valence-electron chi connectivity index (χ3n) is 6.03. The third kappa shape index (κ3) is 2.14. The molecule has 0 bridgehead atoms. The van der Waals surface area contributed by atoms with Gasteiger partial charge >= 0.3 is 0 Å². The molecule has 1 saturated heterocycles. The highest BCUT2D eigenvalue weighted by Gasteiger charge is 2.30. The van der Waals surface area contributed by atoms with Gasteiger partial charge in [-0.2, -0.15) is 5.26 Å². The van der Waals surface area contributed by atoms with E-state index in [0.717, 1.165) is 67.4 Å². The molecule has 0 amide bonds. The summed E-state index contributed by atoms with van der Waals surface area (Å²) in [5, 5.41) is 9.83. The number of rotatable bonds is 2. The minimum atomic E-state index is -0.220. The van der Waals surface area contributed by atoms with Crippen molar-refractivity contribution in [3.8, 4) is 6.07 Å². The number of fused-ring (bicyclic) bond motifs is 4. The summed E-state index contributed by atoms with van der Waals surface area (Å²) in [4.78, 5) is 7.21. The van der Waals surface area contributed by atoms with Gasteiger partial charge in [0.2, 0.25) is 0 Å². The van der Waals surface area contributed by atoms with Crippen LogP contribution in [0.3, 0.4) is 0 Å². The molecule has 4 nitrogen and oxygen atoms in total. The topological polar surface area (TPSA) is 44.3 Å². The molecule has 0 atom stereocenters. The Morgan fingerprint density at radius 2 is 1.92 bits per heavy atom. The molecule has 2 aromatic heterocycles. The smallest absolute Gasteiger partial charge is 0.157 e. The number of halogens is 1. The fourth-order valence-corrected chi connectivity index (χ4v) is 4.69. The molecule has 132 valence electrons. The van der Waals surface area contributed by atoms with Gasteiger partial charge in [-0.25, -0.2) is 4.98 Å². The first-order chi connectivity index (χ1) is 12.8. The van der Waals surface area contributed by atoms with Gasteiger partial charge in [-0.15, -0.1) is 0 Å². The van der Waals surface area contributed by atoms with E-state index in [9.17, 15) is 9.65 Å². The van der Waals surface area contributed by atoms with E-state index in [-0.39, 0.29) is 12.6 Å². The predicted molar refractivity (Wildman–Crippen MR) is 100 cm³/mol. The van der Waals surface area contributed by atoms with E-state index < -0.39 is 0 Å². The Labute approximate surface area is 151 Å². The van der Waals surface area contributed by atoms with Crippen molar-refractivity contribution < 1.29 is 4.39 Å². The Kier molecular flexibility index (Phi) is 3.59. The summed E-state index contributed by atoms with van der Waals surface area (Å²) in [6.07, 6.45) is 4.82. The van der Waals surface area contributed by atoms with Crippen molar-refractivity contribution in [3.05, 3.63) is 41.0 Å². The SMILES string of the molecule is N#Cc1c2c(c(N3CCC(CF)CC3)n3c1nc1ccccc13)CCC2. The maximum absolute atomic E-state index is 13.1. The lowest BCUT2D eigenvalue weighted by molar-refractivity contribution is 0.307. The standard InChI is InChI=1S/C21H21FN4/c22-12-14-8-10-25(11-9-14)21-16-5-3-4-15(16)17(13-23)20-24-18-6-1-2-7-19(18)26(20)21/h1-2,6-7,14H,3-5,8-12H2. The van der Waals surface area contributed by atoms with Crippen molar-refractivity contribution in [3.63, 3.8) is 0 Å².